The molecule has 6 rings (SSSR count). The predicted octanol–water partition coefficient (Wildman–Crippen LogP) is 8.29. The third-order valence-electron chi connectivity index (χ3n) is 5.42. The van der Waals surface area contributed by atoms with E-state index in [0.29, 0.717) is 0 Å². The van der Waals surface area contributed by atoms with E-state index in [0.717, 1.165) is 28.2 Å². The molecule has 0 saturated heterocycles. The maximum atomic E-state index is 4.56. The molecule has 0 spiro atoms. The van der Waals surface area contributed by atoms with E-state index in [-0.39, 0.29) is 20.1 Å². The Hall–Kier alpha value is -3.43. The van der Waals surface area contributed by atoms with Gasteiger partial charge in [0.05, 0.1) is 0 Å². The van der Waals surface area contributed by atoms with Crippen LogP contribution in [-0.2, 0) is 20.1 Å². The Morgan fingerprint density at radius 3 is 2.34 bits per heavy atom. The maximum Gasteiger partial charge on any atom is 0.0286 e. The SMILES string of the molecule is Cc1cccc(-c2[c-]cccc2)n1.[Ir].[c-]1ccc(-c2ccccc2)cc1-c1nccc2sccc12. The molecule has 0 amide bonds. The first kappa shape index (κ1) is 24.7. The number of hydrogen-bond acceptors (Lipinski definition) is 3. The number of nitrogens with zero attached hydrogens (tertiary/aromatic N) is 2. The van der Waals surface area contributed by atoms with Crippen molar-refractivity contribution in [2.24, 2.45) is 0 Å². The maximum absolute atomic E-state index is 4.56. The van der Waals surface area contributed by atoms with Gasteiger partial charge in [-0.3, -0.25) is 0 Å². The Labute approximate surface area is 223 Å². The van der Waals surface area contributed by atoms with Gasteiger partial charge in [-0.15, -0.1) is 82.6 Å². The number of benzene rings is 3. The normalized spacial score (nSPS) is 10.2. The van der Waals surface area contributed by atoms with Crippen LogP contribution in [0, 0.1) is 19.1 Å². The molecule has 0 saturated carbocycles. The van der Waals surface area contributed by atoms with Crippen molar-refractivity contribution < 1.29 is 20.1 Å². The van der Waals surface area contributed by atoms with Gasteiger partial charge in [0.2, 0.25) is 0 Å². The van der Waals surface area contributed by atoms with Crippen molar-refractivity contribution in [1.82, 2.24) is 9.97 Å². The van der Waals surface area contributed by atoms with Crippen LogP contribution in [0.4, 0.5) is 0 Å². The summed E-state index contributed by atoms with van der Waals surface area (Å²) in [6, 6.07) is 41.2. The molecule has 0 aliphatic rings. The summed E-state index contributed by atoms with van der Waals surface area (Å²) in [6.07, 6.45) is 1.87. The molecule has 4 heteroatoms. The van der Waals surface area contributed by atoms with Gasteiger partial charge < -0.3 is 9.97 Å². The molecule has 3 heterocycles. The van der Waals surface area contributed by atoms with Crippen molar-refractivity contribution in [3.05, 3.63) is 133 Å². The van der Waals surface area contributed by atoms with E-state index in [4.69, 9.17) is 0 Å². The third kappa shape index (κ3) is 5.98. The Morgan fingerprint density at radius 2 is 1.54 bits per heavy atom. The molecule has 173 valence electrons. The van der Waals surface area contributed by atoms with E-state index in [9.17, 15) is 0 Å². The number of aromatic nitrogens is 2. The molecule has 0 aliphatic heterocycles. The van der Waals surface area contributed by atoms with Gasteiger partial charge in [-0.05, 0) is 46.8 Å². The van der Waals surface area contributed by atoms with E-state index in [2.05, 4.69) is 76.0 Å². The monoisotopic (exact) mass is 647 g/mol. The molecule has 3 aromatic carbocycles. The van der Waals surface area contributed by atoms with Crippen molar-refractivity contribution in [1.29, 1.82) is 0 Å². The molecular formula is C31H22IrN2S-2. The van der Waals surface area contributed by atoms with E-state index < -0.39 is 0 Å². The van der Waals surface area contributed by atoms with Gasteiger partial charge in [0.25, 0.3) is 0 Å². The largest absolute Gasteiger partial charge is 0.304 e. The van der Waals surface area contributed by atoms with Crippen molar-refractivity contribution in [2.75, 3.05) is 0 Å². The third-order valence-corrected chi connectivity index (χ3v) is 6.30. The van der Waals surface area contributed by atoms with Crippen molar-refractivity contribution in [2.45, 2.75) is 6.92 Å². The summed E-state index contributed by atoms with van der Waals surface area (Å²) in [5.41, 5.74) is 7.53. The standard InChI is InChI=1S/C19H12NS.C12H10N.Ir/c1-2-5-14(6-3-1)15-7-4-8-16(13-15)19-17-10-12-21-18(17)9-11-20-19;1-10-6-5-9-12(13-10)11-7-3-2-4-8-11;/h1-7,9-13H;2-7,9H,1H3;/q2*-1;. The van der Waals surface area contributed by atoms with Crippen LogP contribution < -0.4 is 0 Å². The summed E-state index contributed by atoms with van der Waals surface area (Å²) in [5.74, 6) is 0. The minimum absolute atomic E-state index is 0. The molecule has 0 fully saturated rings. The Balaban J connectivity index is 0.000000179. The minimum atomic E-state index is 0. The summed E-state index contributed by atoms with van der Waals surface area (Å²) in [7, 11) is 0. The summed E-state index contributed by atoms with van der Waals surface area (Å²) in [5, 5.41) is 3.31. The molecule has 0 aliphatic carbocycles. The first-order valence-corrected chi connectivity index (χ1v) is 12.0. The Kier molecular flexibility index (Phi) is 8.33. The van der Waals surface area contributed by atoms with Gasteiger partial charge in [-0.2, -0.15) is 0 Å². The fraction of sp³-hybridized carbons (Fsp3) is 0.0323. The van der Waals surface area contributed by atoms with Crippen LogP contribution in [0.5, 0.6) is 0 Å². The number of fused-ring (bicyclic) bond motifs is 1. The molecule has 2 nitrogen and oxygen atoms in total. The zero-order valence-electron chi connectivity index (χ0n) is 19.1. The quantitative estimate of drug-likeness (QED) is 0.181. The second-order valence-electron chi connectivity index (χ2n) is 7.79. The Bertz CT molecular complexity index is 1510. The van der Waals surface area contributed by atoms with Gasteiger partial charge in [0.1, 0.15) is 0 Å². The molecule has 0 atom stereocenters. The average molecular weight is 647 g/mol. The summed E-state index contributed by atoms with van der Waals surface area (Å²) in [6.45, 7) is 1.99. The second kappa shape index (κ2) is 11.8. The number of thiophene rings is 1. The molecule has 0 unspecified atom stereocenters. The van der Waals surface area contributed by atoms with Gasteiger partial charge in [-0.1, -0.05) is 48.5 Å². The number of rotatable bonds is 3. The van der Waals surface area contributed by atoms with Crippen molar-refractivity contribution >= 4 is 21.4 Å². The molecule has 3 aromatic heterocycles. The van der Waals surface area contributed by atoms with Crippen molar-refractivity contribution in [3.63, 3.8) is 0 Å². The van der Waals surface area contributed by atoms with Gasteiger partial charge in [-0.25, -0.2) is 0 Å². The Morgan fingerprint density at radius 1 is 0.714 bits per heavy atom. The predicted molar refractivity (Wildman–Crippen MR) is 143 cm³/mol. The fourth-order valence-corrected chi connectivity index (χ4v) is 4.55. The van der Waals surface area contributed by atoms with Crippen LogP contribution in [-0.4, -0.2) is 9.97 Å². The van der Waals surface area contributed by atoms with Crippen LogP contribution in [0.1, 0.15) is 5.69 Å². The smallest absolute Gasteiger partial charge is 0.0286 e. The first-order valence-electron chi connectivity index (χ1n) is 11.1. The van der Waals surface area contributed by atoms with Crippen LogP contribution in [0.2, 0.25) is 0 Å². The van der Waals surface area contributed by atoms with E-state index >= 15 is 0 Å². The van der Waals surface area contributed by atoms with Crippen LogP contribution in [0.15, 0.2) is 115 Å². The van der Waals surface area contributed by atoms with E-state index in [1.165, 1.54) is 21.2 Å². The molecule has 0 bridgehead atoms. The summed E-state index contributed by atoms with van der Waals surface area (Å²) >= 11 is 1.74. The average Bonchev–Trinajstić information content (AvgIpc) is 3.39. The van der Waals surface area contributed by atoms with Gasteiger partial charge in [0.15, 0.2) is 0 Å². The fourth-order valence-electron chi connectivity index (χ4n) is 3.77. The van der Waals surface area contributed by atoms with Crippen LogP contribution >= 0.6 is 11.3 Å². The summed E-state index contributed by atoms with van der Waals surface area (Å²) in [4.78, 5) is 8.97. The molecule has 0 N–H and O–H groups in total. The zero-order chi connectivity index (χ0) is 23.2. The molecule has 6 aromatic rings. The van der Waals surface area contributed by atoms with Gasteiger partial charge in [0, 0.05) is 36.7 Å². The summed E-state index contributed by atoms with van der Waals surface area (Å²) < 4.78 is 1.26. The minimum Gasteiger partial charge on any atom is -0.304 e. The number of pyridine rings is 2. The molecule has 35 heavy (non-hydrogen) atoms. The molecular weight excluding hydrogens is 625 g/mol. The topological polar surface area (TPSA) is 25.8 Å². The zero-order valence-corrected chi connectivity index (χ0v) is 22.3. The van der Waals surface area contributed by atoms with Gasteiger partial charge >= 0.3 is 0 Å². The second-order valence-corrected chi connectivity index (χ2v) is 8.74. The van der Waals surface area contributed by atoms with E-state index in [1.54, 1.807) is 11.3 Å². The van der Waals surface area contributed by atoms with Crippen LogP contribution in [0.25, 0.3) is 43.7 Å². The number of hydrogen-bond donors (Lipinski definition) is 0. The number of aryl methyl sites for hydroxylation is 1. The van der Waals surface area contributed by atoms with Crippen molar-refractivity contribution in [3.8, 4) is 33.6 Å². The van der Waals surface area contributed by atoms with Crippen LogP contribution in [0.3, 0.4) is 0 Å². The first-order chi connectivity index (χ1) is 16.8. The molecule has 1 radical (unpaired) electrons. The van der Waals surface area contributed by atoms with E-state index in [1.807, 2.05) is 67.7 Å².